The van der Waals surface area contributed by atoms with E-state index in [2.05, 4.69) is 31.0 Å². The highest BCUT2D eigenvalue weighted by molar-refractivity contribution is 5.94. The third kappa shape index (κ3) is 5.46. The van der Waals surface area contributed by atoms with Crippen LogP contribution in [0.5, 0.6) is 5.75 Å². The molecule has 1 aliphatic heterocycles. The molecule has 0 spiro atoms. The normalized spacial score (nSPS) is 14.2. The second-order valence-corrected chi connectivity index (χ2v) is 7.96. The fourth-order valence-corrected chi connectivity index (χ4v) is 3.89. The van der Waals surface area contributed by atoms with E-state index in [1.807, 2.05) is 10.9 Å². The van der Waals surface area contributed by atoms with E-state index >= 15 is 0 Å². The largest absolute Gasteiger partial charge is 0.494 e. The van der Waals surface area contributed by atoms with Crippen molar-refractivity contribution in [1.82, 2.24) is 30.4 Å². The lowest BCUT2D eigenvalue weighted by molar-refractivity contribution is 0.0962. The Morgan fingerprint density at radius 3 is 2.67 bits per heavy atom. The molecular weight excluding hydrogens is 425 g/mol. The number of aromatic nitrogens is 4. The zero-order valence-corrected chi connectivity index (χ0v) is 18.8. The maximum Gasteiger partial charge on any atom is 0.251 e. The van der Waals surface area contributed by atoms with E-state index in [0.29, 0.717) is 36.0 Å². The highest BCUT2D eigenvalue weighted by atomic mass is 19.1. The van der Waals surface area contributed by atoms with Crippen molar-refractivity contribution in [3.05, 3.63) is 59.4 Å². The molecular formula is C23H28FN7O2. The van der Waals surface area contributed by atoms with Gasteiger partial charge in [-0.15, -0.1) is 0 Å². The molecule has 0 bridgehead atoms. The lowest BCUT2D eigenvalue weighted by Crippen LogP contribution is -2.29. The maximum atomic E-state index is 14.7. The molecule has 1 aromatic carbocycles. The van der Waals surface area contributed by atoms with Gasteiger partial charge < -0.3 is 20.7 Å². The average Bonchev–Trinajstić information content (AvgIpc) is 3.33. The molecule has 1 saturated heterocycles. The summed E-state index contributed by atoms with van der Waals surface area (Å²) in [5, 5.41) is 13.5. The van der Waals surface area contributed by atoms with Crippen molar-refractivity contribution in [3.8, 4) is 5.75 Å². The number of carbonyl (C=O) groups excluding carboxylic acids is 1. The number of amides is 1. The van der Waals surface area contributed by atoms with Gasteiger partial charge in [0.15, 0.2) is 11.6 Å². The molecule has 3 N–H and O–H groups in total. The van der Waals surface area contributed by atoms with Crippen LogP contribution < -0.4 is 20.7 Å². The summed E-state index contributed by atoms with van der Waals surface area (Å²) in [5.41, 5.74) is 2.45. The standard InChI is InChI=1S/C23H28FN7O2/c1-25-22(32)17-9-16(21(24)20(10-17)33-2)4-3-15-11-27-23(28-12-15)30-18-13-29-31(14-18)19-5-7-26-8-6-19/h9-14,19,26H,3-8H2,1-2H3,(H,25,32)(H,27,28,30). The van der Waals surface area contributed by atoms with E-state index in [0.717, 1.165) is 37.2 Å². The number of anilines is 2. The number of piperidine rings is 1. The molecule has 0 unspecified atom stereocenters. The van der Waals surface area contributed by atoms with Crippen LogP contribution in [0.3, 0.4) is 0 Å². The summed E-state index contributed by atoms with van der Waals surface area (Å²) in [6, 6.07) is 3.35. The molecule has 0 saturated carbocycles. The second kappa shape index (κ2) is 10.4. The van der Waals surface area contributed by atoms with Gasteiger partial charge in [-0.2, -0.15) is 5.10 Å². The van der Waals surface area contributed by atoms with Crippen molar-refractivity contribution < 1.29 is 13.9 Å². The third-order valence-electron chi connectivity index (χ3n) is 5.75. The number of nitrogens with one attached hydrogen (secondary N) is 3. The van der Waals surface area contributed by atoms with Gasteiger partial charge in [0.25, 0.3) is 5.91 Å². The highest BCUT2D eigenvalue weighted by Crippen LogP contribution is 2.25. The van der Waals surface area contributed by atoms with Crippen LogP contribution >= 0.6 is 0 Å². The summed E-state index contributed by atoms with van der Waals surface area (Å²) < 4.78 is 21.7. The minimum atomic E-state index is -0.463. The van der Waals surface area contributed by atoms with Crippen LogP contribution in [0.2, 0.25) is 0 Å². The summed E-state index contributed by atoms with van der Waals surface area (Å²) in [6.45, 7) is 2.01. The molecule has 1 amide bonds. The third-order valence-corrected chi connectivity index (χ3v) is 5.75. The molecule has 174 valence electrons. The number of halogens is 1. The first-order valence-electron chi connectivity index (χ1n) is 11.0. The van der Waals surface area contributed by atoms with E-state index in [1.54, 1.807) is 24.7 Å². The zero-order valence-electron chi connectivity index (χ0n) is 18.8. The van der Waals surface area contributed by atoms with E-state index in [-0.39, 0.29) is 11.7 Å². The number of carbonyl (C=O) groups is 1. The van der Waals surface area contributed by atoms with Crippen LogP contribution in [0.25, 0.3) is 0 Å². The summed E-state index contributed by atoms with van der Waals surface area (Å²) in [5.74, 6) is -0.239. The number of aryl methyl sites for hydroxylation is 2. The van der Waals surface area contributed by atoms with Crippen LogP contribution in [0.4, 0.5) is 16.0 Å². The highest BCUT2D eigenvalue weighted by Gasteiger charge is 2.17. The topological polar surface area (TPSA) is 106 Å². The second-order valence-electron chi connectivity index (χ2n) is 7.96. The first-order valence-corrected chi connectivity index (χ1v) is 11.0. The molecule has 2 aromatic heterocycles. The number of ether oxygens (including phenoxy) is 1. The molecule has 0 radical (unpaired) electrons. The maximum absolute atomic E-state index is 14.7. The minimum absolute atomic E-state index is 0.0481. The fraction of sp³-hybridized carbons (Fsp3) is 0.391. The molecule has 33 heavy (non-hydrogen) atoms. The SMILES string of the molecule is CNC(=O)c1cc(CCc2cnc(Nc3cnn(C4CCNCC4)c3)nc2)c(F)c(OC)c1. The van der Waals surface area contributed by atoms with Gasteiger partial charge in [0.2, 0.25) is 5.95 Å². The molecule has 0 atom stereocenters. The van der Waals surface area contributed by atoms with E-state index in [1.165, 1.54) is 20.2 Å². The summed E-state index contributed by atoms with van der Waals surface area (Å²) >= 11 is 0. The molecule has 9 nitrogen and oxygen atoms in total. The molecule has 4 rings (SSSR count). The molecule has 0 aliphatic carbocycles. The number of benzene rings is 1. The predicted octanol–water partition coefficient (Wildman–Crippen LogP) is 2.63. The number of nitrogens with zero attached hydrogens (tertiary/aromatic N) is 4. The van der Waals surface area contributed by atoms with Crippen LogP contribution in [0.15, 0.2) is 36.9 Å². The smallest absolute Gasteiger partial charge is 0.251 e. The van der Waals surface area contributed by atoms with Crippen LogP contribution in [-0.4, -0.2) is 52.9 Å². The van der Waals surface area contributed by atoms with Gasteiger partial charge in [-0.05, 0) is 62.0 Å². The summed E-state index contributed by atoms with van der Waals surface area (Å²) in [4.78, 5) is 20.7. The van der Waals surface area contributed by atoms with Gasteiger partial charge in [-0.3, -0.25) is 9.48 Å². The Kier molecular flexibility index (Phi) is 7.13. The van der Waals surface area contributed by atoms with Crippen molar-refractivity contribution in [2.45, 2.75) is 31.7 Å². The number of hydrogen-bond acceptors (Lipinski definition) is 7. The van der Waals surface area contributed by atoms with Gasteiger partial charge in [0, 0.05) is 31.2 Å². The Morgan fingerprint density at radius 1 is 1.21 bits per heavy atom. The minimum Gasteiger partial charge on any atom is -0.494 e. The Balaban J connectivity index is 1.38. The number of methoxy groups -OCH3 is 1. The predicted molar refractivity (Wildman–Crippen MR) is 122 cm³/mol. The Morgan fingerprint density at radius 2 is 1.97 bits per heavy atom. The molecule has 1 aliphatic rings. The summed E-state index contributed by atoms with van der Waals surface area (Å²) in [6.07, 6.45) is 10.2. The van der Waals surface area contributed by atoms with Gasteiger partial charge >= 0.3 is 0 Å². The lowest BCUT2D eigenvalue weighted by atomic mass is 10.0. The van der Waals surface area contributed by atoms with Gasteiger partial charge in [-0.1, -0.05) is 0 Å². The van der Waals surface area contributed by atoms with Crippen molar-refractivity contribution >= 4 is 17.5 Å². The Bertz CT molecular complexity index is 1090. The van der Waals surface area contributed by atoms with Crippen molar-refractivity contribution in [3.63, 3.8) is 0 Å². The van der Waals surface area contributed by atoms with Crippen LogP contribution in [0, 0.1) is 5.82 Å². The fourth-order valence-electron chi connectivity index (χ4n) is 3.89. The van der Waals surface area contributed by atoms with Gasteiger partial charge in [-0.25, -0.2) is 14.4 Å². The van der Waals surface area contributed by atoms with E-state index in [9.17, 15) is 9.18 Å². The van der Waals surface area contributed by atoms with E-state index in [4.69, 9.17) is 4.74 Å². The number of hydrogen-bond donors (Lipinski definition) is 3. The van der Waals surface area contributed by atoms with E-state index < -0.39 is 5.82 Å². The monoisotopic (exact) mass is 453 g/mol. The molecule has 1 fully saturated rings. The lowest BCUT2D eigenvalue weighted by Gasteiger charge is -2.22. The summed E-state index contributed by atoms with van der Waals surface area (Å²) in [7, 11) is 2.91. The zero-order chi connectivity index (χ0) is 23.2. The van der Waals surface area contributed by atoms with Crippen molar-refractivity contribution in [2.24, 2.45) is 0 Å². The van der Waals surface area contributed by atoms with Gasteiger partial charge in [0.05, 0.1) is 25.0 Å². The van der Waals surface area contributed by atoms with Crippen molar-refractivity contribution in [1.29, 1.82) is 0 Å². The van der Waals surface area contributed by atoms with Crippen LogP contribution in [-0.2, 0) is 12.8 Å². The Hall–Kier alpha value is -3.53. The Labute approximate surface area is 191 Å². The average molecular weight is 454 g/mol. The first kappa shape index (κ1) is 22.7. The molecule has 10 heteroatoms. The van der Waals surface area contributed by atoms with Gasteiger partial charge in [0.1, 0.15) is 0 Å². The number of rotatable bonds is 8. The first-order chi connectivity index (χ1) is 16.1. The van der Waals surface area contributed by atoms with Crippen LogP contribution in [0.1, 0.15) is 40.4 Å². The quantitative estimate of drug-likeness (QED) is 0.481. The molecule has 3 aromatic rings. The van der Waals surface area contributed by atoms with Crippen molar-refractivity contribution in [2.75, 3.05) is 32.6 Å². The molecule has 3 heterocycles.